The second-order valence-electron chi connectivity index (χ2n) is 6.77. The molecule has 156 valence electrons. The molecule has 0 radical (unpaired) electrons. The molecule has 0 spiro atoms. The van der Waals surface area contributed by atoms with Crippen molar-refractivity contribution in [3.05, 3.63) is 23.8 Å². The highest BCUT2D eigenvalue weighted by Crippen LogP contribution is 2.40. The summed E-state index contributed by atoms with van der Waals surface area (Å²) in [6.45, 7) is 1.27. The van der Waals surface area contributed by atoms with Crippen LogP contribution in [0.1, 0.15) is 18.4 Å². The summed E-state index contributed by atoms with van der Waals surface area (Å²) in [5, 5.41) is 0. The van der Waals surface area contributed by atoms with E-state index in [9.17, 15) is 14.4 Å². The molecule has 2 heterocycles. The number of methoxy groups -OCH3 is 1. The van der Waals surface area contributed by atoms with Crippen molar-refractivity contribution < 1.29 is 33.3 Å². The van der Waals surface area contributed by atoms with Gasteiger partial charge in [0.05, 0.1) is 13.0 Å². The number of fused-ring (bicyclic) bond motifs is 1. The lowest BCUT2D eigenvalue weighted by atomic mass is 9.97. The molecule has 3 rings (SSSR count). The fourth-order valence-electron chi connectivity index (χ4n) is 3.26. The maximum Gasteiger partial charge on any atom is 0.331 e. The smallest absolute Gasteiger partial charge is 0.331 e. The number of esters is 1. The second kappa shape index (κ2) is 9.31. The fourth-order valence-corrected chi connectivity index (χ4v) is 3.26. The zero-order chi connectivity index (χ0) is 20.8. The van der Waals surface area contributed by atoms with Crippen molar-refractivity contribution in [2.45, 2.75) is 12.8 Å². The van der Waals surface area contributed by atoms with E-state index in [1.165, 1.54) is 24.2 Å². The molecule has 29 heavy (non-hydrogen) atoms. The Morgan fingerprint density at radius 1 is 1.28 bits per heavy atom. The highest BCUT2D eigenvalue weighted by molar-refractivity contribution is 5.89. The third kappa shape index (κ3) is 5.18. The number of likely N-dealkylation sites (tertiary alicyclic amines) is 1. The van der Waals surface area contributed by atoms with E-state index >= 15 is 0 Å². The fraction of sp³-hybridized carbons (Fsp3) is 0.450. The topological polar surface area (TPSA) is 117 Å². The average Bonchev–Trinajstić information content (AvgIpc) is 2.75. The Morgan fingerprint density at radius 2 is 2.07 bits per heavy atom. The lowest BCUT2D eigenvalue weighted by Crippen LogP contribution is -2.45. The van der Waals surface area contributed by atoms with Gasteiger partial charge in [-0.05, 0) is 36.6 Å². The lowest BCUT2D eigenvalue weighted by molar-refractivity contribution is -0.149. The Hall–Kier alpha value is -3.23. The molecular formula is C20H24N2O7. The number of hydrogen-bond acceptors (Lipinski definition) is 7. The van der Waals surface area contributed by atoms with Gasteiger partial charge in [0, 0.05) is 19.2 Å². The molecule has 1 aromatic carbocycles. The largest absolute Gasteiger partial charge is 0.493 e. The molecule has 1 saturated heterocycles. The Bertz CT molecular complexity index is 804. The molecule has 9 heteroatoms. The molecule has 0 unspecified atom stereocenters. The molecule has 2 aliphatic rings. The molecule has 1 atom stereocenters. The van der Waals surface area contributed by atoms with Gasteiger partial charge in [0.2, 0.25) is 11.7 Å². The Balaban J connectivity index is 1.55. The summed E-state index contributed by atoms with van der Waals surface area (Å²) >= 11 is 0. The first-order chi connectivity index (χ1) is 14.0. The van der Waals surface area contributed by atoms with Gasteiger partial charge in [0.15, 0.2) is 18.1 Å². The number of carbonyl (C=O) groups excluding carboxylic acids is 3. The molecule has 9 nitrogen and oxygen atoms in total. The second-order valence-corrected chi connectivity index (χ2v) is 6.77. The minimum atomic E-state index is -0.657. The van der Waals surface area contributed by atoms with E-state index in [-0.39, 0.29) is 25.0 Å². The minimum absolute atomic E-state index is 0.262. The van der Waals surface area contributed by atoms with Gasteiger partial charge in [-0.3, -0.25) is 9.59 Å². The predicted molar refractivity (Wildman–Crippen MR) is 102 cm³/mol. The zero-order valence-electron chi connectivity index (χ0n) is 16.2. The predicted octanol–water partition coefficient (Wildman–Crippen LogP) is 0.747. The van der Waals surface area contributed by atoms with Gasteiger partial charge in [-0.15, -0.1) is 0 Å². The summed E-state index contributed by atoms with van der Waals surface area (Å²) in [4.78, 5) is 37.0. The number of piperidine rings is 1. The van der Waals surface area contributed by atoms with E-state index in [0.29, 0.717) is 55.4 Å². The van der Waals surface area contributed by atoms with Crippen LogP contribution in [0, 0.1) is 5.92 Å². The number of rotatable bonds is 6. The maximum absolute atomic E-state index is 12.2. The monoisotopic (exact) mass is 404 g/mol. The molecular weight excluding hydrogens is 380 g/mol. The van der Waals surface area contributed by atoms with E-state index in [1.807, 2.05) is 0 Å². The van der Waals surface area contributed by atoms with Gasteiger partial charge in [-0.25, -0.2) is 4.79 Å². The minimum Gasteiger partial charge on any atom is -0.493 e. The summed E-state index contributed by atoms with van der Waals surface area (Å²) < 4.78 is 21.4. The number of amides is 2. The van der Waals surface area contributed by atoms with Crippen LogP contribution >= 0.6 is 0 Å². The first-order valence-corrected chi connectivity index (χ1v) is 9.37. The van der Waals surface area contributed by atoms with E-state index < -0.39 is 11.9 Å². The third-order valence-electron chi connectivity index (χ3n) is 4.78. The van der Waals surface area contributed by atoms with Crippen molar-refractivity contribution in [3.63, 3.8) is 0 Å². The molecule has 1 fully saturated rings. The van der Waals surface area contributed by atoms with Crippen molar-refractivity contribution in [2.75, 3.05) is 40.0 Å². The average molecular weight is 404 g/mol. The van der Waals surface area contributed by atoms with Crippen molar-refractivity contribution in [3.8, 4) is 17.2 Å². The van der Waals surface area contributed by atoms with Crippen LogP contribution in [0.4, 0.5) is 0 Å². The zero-order valence-corrected chi connectivity index (χ0v) is 16.2. The summed E-state index contributed by atoms with van der Waals surface area (Å²) in [6, 6.07) is 3.43. The van der Waals surface area contributed by atoms with Gasteiger partial charge in [0.25, 0.3) is 5.91 Å². The number of carbonyl (C=O) groups is 3. The molecule has 0 saturated carbocycles. The van der Waals surface area contributed by atoms with E-state index in [0.717, 1.165) is 0 Å². The molecule has 0 bridgehead atoms. The highest BCUT2D eigenvalue weighted by Gasteiger charge is 2.27. The summed E-state index contributed by atoms with van der Waals surface area (Å²) in [7, 11) is 1.52. The quantitative estimate of drug-likeness (QED) is 0.549. The summed E-state index contributed by atoms with van der Waals surface area (Å²) in [5.41, 5.74) is 5.97. The van der Waals surface area contributed by atoms with Crippen molar-refractivity contribution in [1.29, 1.82) is 0 Å². The third-order valence-corrected chi connectivity index (χ3v) is 4.78. The lowest BCUT2D eigenvalue weighted by Gasteiger charge is -2.30. The molecule has 0 aromatic heterocycles. The number of nitrogens with zero attached hydrogens (tertiary/aromatic N) is 1. The van der Waals surface area contributed by atoms with Crippen molar-refractivity contribution >= 4 is 23.9 Å². The number of primary amides is 1. The summed E-state index contributed by atoms with van der Waals surface area (Å²) in [6.07, 6.45) is 4.12. The van der Waals surface area contributed by atoms with Crippen molar-refractivity contribution in [2.24, 2.45) is 11.7 Å². The van der Waals surface area contributed by atoms with Gasteiger partial charge < -0.3 is 29.6 Å². The van der Waals surface area contributed by atoms with Crippen LogP contribution in [0.15, 0.2) is 18.2 Å². The Kier molecular flexibility index (Phi) is 6.58. The molecule has 0 aliphatic carbocycles. The van der Waals surface area contributed by atoms with Gasteiger partial charge in [0.1, 0.15) is 13.2 Å². The Morgan fingerprint density at radius 3 is 2.83 bits per heavy atom. The molecule has 2 N–H and O–H groups in total. The number of benzene rings is 1. The van der Waals surface area contributed by atoms with Crippen molar-refractivity contribution in [1.82, 2.24) is 4.90 Å². The number of ether oxygens (including phenoxy) is 4. The maximum atomic E-state index is 12.2. The van der Waals surface area contributed by atoms with Crippen LogP contribution in [0.3, 0.4) is 0 Å². The Labute approximate surface area is 168 Å². The van der Waals surface area contributed by atoms with E-state index in [1.54, 1.807) is 12.1 Å². The SMILES string of the molecule is COc1cc(/C=C/C(=O)OCC(=O)N2CCC[C@@H](C(N)=O)C2)cc2c1OCCO2. The van der Waals surface area contributed by atoms with E-state index in [4.69, 9.17) is 24.7 Å². The summed E-state index contributed by atoms with van der Waals surface area (Å²) in [5.74, 6) is -0.215. The van der Waals surface area contributed by atoms with E-state index in [2.05, 4.69) is 0 Å². The van der Waals surface area contributed by atoms with Crippen LogP contribution in [0.5, 0.6) is 17.2 Å². The van der Waals surface area contributed by atoms with Gasteiger partial charge in [-0.1, -0.05) is 0 Å². The first-order valence-electron chi connectivity index (χ1n) is 9.37. The van der Waals surface area contributed by atoms with Gasteiger partial charge in [-0.2, -0.15) is 0 Å². The number of nitrogens with two attached hydrogens (primary N) is 1. The molecule has 2 aliphatic heterocycles. The molecule has 2 amide bonds. The van der Waals surface area contributed by atoms with Gasteiger partial charge >= 0.3 is 5.97 Å². The van der Waals surface area contributed by atoms with Crippen LogP contribution in [0.2, 0.25) is 0 Å². The highest BCUT2D eigenvalue weighted by atomic mass is 16.6. The van der Waals surface area contributed by atoms with Crippen LogP contribution in [-0.2, 0) is 19.1 Å². The molecule has 1 aromatic rings. The normalized spacial score (nSPS) is 18.4. The number of hydrogen-bond donors (Lipinski definition) is 1. The van der Waals surface area contributed by atoms with Crippen LogP contribution < -0.4 is 19.9 Å². The van der Waals surface area contributed by atoms with Crippen LogP contribution in [0.25, 0.3) is 6.08 Å². The first kappa shape index (κ1) is 20.5. The standard InChI is InChI=1S/C20H24N2O7/c1-26-15-9-13(10-16-19(15)28-8-7-27-16)4-5-18(24)29-12-17(23)22-6-2-3-14(11-22)20(21)25/h4-5,9-10,14H,2-3,6-8,11-12H2,1H3,(H2,21,25)/b5-4+/t14-/m1/s1. The van der Waals surface area contributed by atoms with Crippen LogP contribution in [-0.4, -0.2) is 62.7 Å².